The first-order chi connectivity index (χ1) is 11.6. The molecule has 1 aromatic carbocycles. The fraction of sp³-hybridized carbons (Fsp3) is 0.429. The maximum absolute atomic E-state index is 11.8. The van der Waals surface area contributed by atoms with Gasteiger partial charge >= 0.3 is 12.3 Å². The summed E-state index contributed by atoms with van der Waals surface area (Å²) in [6.07, 6.45) is -4.71. The summed E-state index contributed by atoms with van der Waals surface area (Å²) < 4.78 is 48.5. The predicted molar refractivity (Wildman–Crippen MR) is 82.3 cm³/mol. The van der Waals surface area contributed by atoms with E-state index in [2.05, 4.69) is 19.3 Å². The highest BCUT2D eigenvalue weighted by atomic mass is 32.2. The van der Waals surface area contributed by atoms with Crippen LogP contribution in [0.3, 0.4) is 0 Å². The molecule has 0 aliphatic carbocycles. The second-order valence-corrected chi connectivity index (χ2v) is 5.54. The highest BCUT2D eigenvalue weighted by molar-refractivity contribution is 7.90. The highest BCUT2D eigenvalue weighted by Gasteiger charge is 2.32. The lowest BCUT2D eigenvalue weighted by Crippen LogP contribution is -2.14. The lowest BCUT2D eigenvalue weighted by molar-refractivity contribution is -0.441. The summed E-state index contributed by atoms with van der Waals surface area (Å²) in [6.45, 7) is 3.74. The number of anilines is 1. The number of methoxy groups -OCH3 is 1. The quantitative estimate of drug-likeness (QED) is 0.240. The van der Waals surface area contributed by atoms with Gasteiger partial charge in [0.15, 0.2) is 5.75 Å². The monoisotopic (exact) mass is 383 g/mol. The van der Waals surface area contributed by atoms with Crippen LogP contribution < -0.4 is 9.50 Å². The minimum Gasteiger partial charge on any atom is -0.465 e. The molecule has 0 saturated heterocycles. The summed E-state index contributed by atoms with van der Waals surface area (Å²) in [5.74, 6) is -1.06. The van der Waals surface area contributed by atoms with E-state index in [-0.39, 0.29) is 41.9 Å². The molecule has 0 saturated carbocycles. The van der Waals surface area contributed by atoms with Gasteiger partial charge in [0.2, 0.25) is 5.91 Å². The molecule has 0 heterocycles. The number of amides is 1. The maximum atomic E-state index is 11.8. The molecule has 1 rings (SSSR count). The molecule has 0 atom stereocenters. The molecule has 7 nitrogen and oxygen atoms in total. The Labute approximate surface area is 146 Å². The van der Waals surface area contributed by atoms with Gasteiger partial charge in [-0.1, -0.05) is 13.8 Å². The molecule has 0 spiro atoms. The highest BCUT2D eigenvalue weighted by Crippen LogP contribution is 2.28. The smallest absolute Gasteiger partial charge is 0.465 e. The number of hydrogen-bond acceptors (Lipinski definition) is 7. The van der Waals surface area contributed by atoms with Crippen LogP contribution in [0.25, 0.3) is 0 Å². The van der Waals surface area contributed by atoms with Gasteiger partial charge in [0, 0.05) is 12.1 Å². The number of halogens is 3. The minimum absolute atomic E-state index is 0.118. The average Bonchev–Trinajstić information content (AvgIpc) is 2.49. The number of carbonyl (C=O) groups is 2. The second-order valence-electron chi connectivity index (χ2n) is 5.10. The Morgan fingerprint density at radius 3 is 2.52 bits per heavy atom. The number of alkyl halides is 3. The Balaban J connectivity index is 2.81. The SMILES string of the molecule is COC(=O)c1cc(NC(=O)CC(C)C)ccc1OSOOC(F)(F)F. The molecule has 0 aromatic heterocycles. The van der Waals surface area contributed by atoms with Gasteiger partial charge in [-0.25, -0.2) is 4.79 Å². The van der Waals surface area contributed by atoms with Crippen LogP contribution in [-0.4, -0.2) is 25.3 Å². The molecule has 1 aromatic rings. The van der Waals surface area contributed by atoms with Crippen LogP contribution in [-0.2, 0) is 18.8 Å². The number of nitrogens with one attached hydrogen (secondary N) is 1. The first-order valence-electron chi connectivity index (χ1n) is 6.90. The minimum atomic E-state index is -4.99. The average molecular weight is 383 g/mol. The Morgan fingerprint density at radius 2 is 1.96 bits per heavy atom. The normalized spacial score (nSPS) is 11.3. The van der Waals surface area contributed by atoms with Gasteiger partial charge in [0.25, 0.3) is 12.3 Å². The molecule has 0 radical (unpaired) electrons. The lowest BCUT2D eigenvalue weighted by atomic mass is 10.1. The van der Waals surface area contributed by atoms with E-state index in [0.717, 1.165) is 7.11 Å². The molecule has 0 fully saturated rings. The van der Waals surface area contributed by atoms with Gasteiger partial charge in [-0.05, 0) is 24.1 Å². The fourth-order valence-electron chi connectivity index (χ4n) is 1.64. The standard InChI is InChI=1S/C14H16F3NO6S/c1-8(2)6-12(19)18-9-4-5-11(10(7-9)13(20)21-3)22-25-24-23-14(15,16)17/h4-5,7-8H,6H2,1-3H3,(H,18,19). The van der Waals surface area contributed by atoms with Crippen molar-refractivity contribution in [2.24, 2.45) is 5.92 Å². The molecule has 0 bridgehead atoms. The van der Waals surface area contributed by atoms with E-state index in [1.54, 1.807) is 0 Å². The summed E-state index contributed by atoms with van der Waals surface area (Å²) in [4.78, 5) is 26.6. The fourth-order valence-corrected chi connectivity index (χ4v) is 1.99. The third-order valence-electron chi connectivity index (χ3n) is 2.54. The largest absolute Gasteiger partial charge is 0.550 e. The Hall–Kier alpha value is -1.98. The number of benzene rings is 1. The molecule has 140 valence electrons. The molecule has 25 heavy (non-hydrogen) atoms. The van der Waals surface area contributed by atoms with Gasteiger partial charge in [-0.2, -0.15) is 0 Å². The van der Waals surface area contributed by atoms with Crippen molar-refractivity contribution in [1.82, 2.24) is 0 Å². The van der Waals surface area contributed by atoms with Crippen molar-refractivity contribution in [3.63, 3.8) is 0 Å². The molecular weight excluding hydrogens is 367 g/mol. The Kier molecular flexibility index (Phi) is 8.00. The zero-order chi connectivity index (χ0) is 19.0. The molecule has 1 N–H and O–H groups in total. The van der Waals surface area contributed by atoms with Crippen LogP contribution in [0.4, 0.5) is 18.9 Å². The van der Waals surface area contributed by atoms with Gasteiger partial charge < -0.3 is 14.2 Å². The van der Waals surface area contributed by atoms with Crippen molar-refractivity contribution < 1.29 is 40.9 Å². The van der Waals surface area contributed by atoms with E-state index in [9.17, 15) is 22.8 Å². The molecule has 0 unspecified atom stereocenters. The zero-order valence-electron chi connectivity index (χ0n) is 13.5. The van der Waals surface area contributed by atoms with Gasteiger partial charge in [0.05, 0.1) is 7.11 Å². The van der Waals surface area contributed by atoms with Crippen LogP contribution in [0, 0.1) is 5.92 Å². The first-order valence-corrected chi connectivity index (χ1v) is 7.57. The number of rotatable bonds is 8. The van der Waals surface area contributed by atoms with E-state index in [1.165, 1.54) is 18.2 Å². The Morgan fingerprint density at radius 1 is 1.28 bits per heavy atom. The first kappa shape index (κ1) is 21.1. The summed E-state index contributed by atoms with van der Waals surface area (Å²) in [5.41, 5.74) is 0.184. The van der Waals surface area contributed by atoms with Crippen molar-refractivity contribution in [2.45, 2.75) is 26.6 Å². The van der Waals surface area contributed by atoms with E-state index < -0.39 is 12.3 Å². The Bertz CT molecular complexity index is 609. The van der Waals surface area contributed by atoms with Gasteiger partial charge in [0.1, 0.15) is 5.56 Å². The summed E-state index contributed by atoms with van der Waals surface area (Å²) in [6, 6.07) is 3.94. The summed E-state index contributed by atoms with van der Waals surface area (Å²) >= 11 is -0.134. The van der Waals surface area contributed by atoms with Gasteiger partial charge in [-0.15, -0.1) is 22.4 Å². The van der Waals surface area contributed by atoms with E-state index in [0.29, 0.717) is 5.69 Å². The van der Waals surface area contributed by atoms with Crippen LogP contribution >= 0.6 is 12.3 Å². The van der Waals surface area contributed by atoms with E-state index >= 15 is 0 Å². The van der Waals surface area contributed by atoms with Crippen LogP contribution in [0.1, 0.15) is 30.6 Å². The third kappa shape index (κ3) is 8.09. The topological polar surface area (TPSA) is 83.1 Å². The van der Waals surface area contributed by atoms with Crippen LogP contribution in [0.2, 0.25) is 0 Å². The van der Waals surface area contributed by atoms with Crippen LogP contribution in [0.5, 0.6) is 5.75 Å². The third-order valence-corrected chi connectivity index (χ3v) is 2.91. The van der Waals surface area contributed by atoms with Crippen molar-refractivity contribution in [2.75, 3.05) is 12.4 Å². The second kappa shape index (κ2) is 9.49. The molecule has 0 aliphatic heterocycles. The van der Waals surface area contributed by atoms with Crippen LogP contribution in [0.15, 0.2) is 18.2 Å². The molecule has 11 heteroatoms. The maximum Gasteiger partial charge on any atom is 0.550 e. The zero-order valence-corrected chi connectivity index (χ0v) is 14.3. The van der Waals surface area contributed by atoms with Crippen molar-refractivity contribution >= 4 is 29.9 Å². The molecular formula is C14H16F3NO6S. The molecule has 1 amide bonds. The molecule has 0 aliphatic rings. The van der Waals surface area contributed by atoms with E-state index in [4.69, 9.17) is 4.18 Å². The number of esters is 1. The lowest BCUT2D eigenvalue weighted by Gasteiger charge is -2.12. The number of ether oxygens (including phenoxy) is 1. The van der Waals surface area contributed by atoms with Crippen molar-refractivity contribution in [1.29, 1.82) is 0 Å². The predicted octanol–water partition coefficient (Wildman–Crippen LogP) is 3.87. The van der Waals surface area contributed by atoms with E-state index in [1.807, 2.05) is 13.8 Å². The summed E-state index contributed by atoms with van der Waals surface area (Å²) in [5, 5.41) is 2.59. The number of carbonyl (C=O) groups excluding carboxylic acids is 2. The number of hydrogen-bond donors (Lipinski definition) is 1. The van der Waals surface area contributed by atoms with Crippen molar-refractivity contribution in [3.8, 4) is 5.75 Å². The van der Waals surface area contributed by atoms with Gasteiger partial charge in [-0.3, -0.25) is 4.79 Å². The van der Waals surface area contributed by atoms with Crippen molar-refractivity contribution in [3.05, 3.63) is 23.8 Å². The summed E-state index contributed by atoms with van der Waals surface area (Å²) in [7, 11) is 1.12.